The van der Waals surface area contributed by atoms with E-state index in [1.807, 2.05) is 13.0 Å². The molecule has 0 aliphatic heterocycles. The minimum Gasteiger partial charge on any atom is -0.465 e. The fraction of sp³-hybridized carbons (Fsp3) is 0.500. The van der Waals surface area contributed by atoms with Gasteiger partial charge in [0.15, 0.2) is 0 Å². The van der Waals surface area contributed by atoms with E-state index in [0.717, 1.165) is 41.1 Å². The molecular formula is C28H37N3O2. The summed E-state index contributed by atoms with van der Waals surface area (Å²) in [5, 5.41) is 3.59. The van der Waals surface area contributed by atoms with Crippen LogP contribution in [0.1, 0.15) is 87.3 Å². The molecule has 1 heterocycles. The molecule has 0 radical (unpaired) electrons. The van der Waals surface area contributed by atoms with Gasteiger partial charge in [-0.1, -0.05) is 46.8 Å². The van der Waals surface area contributed by atoms with Gasteiger partial charge in [-0.15, -0.1) is 0 Å². The van der Waals surface area contributed by atoms with E-state index < -0.39 is 0 Å². The number of ether oxygens (including phenoxy) is 1. The van der Waals surface area contributed by atoms with Crippen LogP contribution in [0.5, 0.6) is 0 Å². The number of rotatable bonds is 5. The summed E-state index contributed by atoms with van der Waals surface area (Å²) in [6.07, 6.45) is 3.45. The molecule has 0 saturated heterocycles. The molecule has 0 bridgehead atoms. The van der Waals surface area contributed by atoms with Gasteiger partial charge >= 0.3 is 5.97 Å². The van der Waals surface area contributed by atoms with Crippen molar-refractivity contribution in [2.75, 3.05) is 12.4 Å². The molecule has 1 unspecified atom stereocenters. The number of benzene rings is 2. The third-order valence-corrected chi connectivity index (χ3v) is 7.00. The molecular weight excluding hydrogens is 410 g/mol. The molecule has 1 N–H and O–H groups in total. The summed E-state index contributed by atoms with van der Waals surface area (Å²) in [5.41, 5.74) is 5.97. The number of aromatic nitrogens is 2. The van der Waals surface area contributed by atoms with Crippen LogP contribution >= 0.6 is 0 Å². The van der Waals surface area contributed by atoms with Crippen LogP contribution in [0.25, 0.3) is 11.0 Å². The number of hydrogen-bond donors (Lipinski definition) is 1. The monoisotopic (exact) mass is 447 g/mol. The Morgan fingerprint density at radius 1 is 1.18 bits per heavy atom. The molecule has 3 aromatic rings. The average molecular weight is 448 g/mol. The Kier molecular flexibility index (Phi) is 6.26. The third-order valence-electron chi connectivity index (χ3n) is 7.00. The number of esters is 1. The quantitative estimate of drug-likeness (QED) is 0.414. The van der Waals surface area contributed by atoms with Crippen molar-refractivity contribution in [3.8, 4) is 0 Å². The summed E-state index contributed by atoms with van der Waals surface area (Å²) < 4.78 is 7.37. The van der Waals surface area contributed by atoms with Gasteiger partial charge in [0.25, 0.3) is 0 Å². The van der Waals surface area contributed by atoms with Crippen molar-refractivity contribution in [1.82, 2.24) is 9.55 Å². The van der Waals surface area contributed by atoms with Crippen molar-refractivity contribution in [2.45, 2.75) is 72.8 Å². The van der Waals surface area contributed by atoms with Crippen molar-refractivity contribution in [3.05, 3.63) is 53.1 Å². The van der Waals surface area contributed by atoms with Crippen LogP contribution in [0.4, 0.5) is 11.6 Å². The molecule has 2 atom stereocenters. The lowest BCUT2D eigenvalue weighted by atomic mass is 9.70. The van der Waals surface area contributed by atoms with E-state index >= 15 is 0 Å². The first kappa shape index (κ1) is 23.3. The Hall–Kier alpha value is -2.82. The first-order chi connectivity index (χ1) is 15.6. The molecule has 0 spiro atoms. The third kappa shape index (κ3) is 4.78. The molecule has 1 aliphatic carbocycles. The summed E-state index contributed by atoms with van der Waals surface area (Å²) in [5.74, 6) is 1.65. The number of fused-ring (bicyclic) bond motifs is 1. The highest BCUT2D eigenvalue weighted by atomic mass is 16.5. The fourth-order valence-corrected chi connectivity index (χ4v) is 5.61. The van der Waals surface area contributed by atoms with Crippen molar-refractivity contribution >= 4 is 28.6 Å². The zero-order valence-electron chi connectivity index (χ0n) is 21.0. The van der Waals surface area contributed by atoms with Gasteiger partial charge in [-0.05, 0) is 78.8 Å². The number of aryl methyl sites for hydroxylation is 1. The molecule has 1 fully saturated rings. The Labute approximate surface area is 197 Å². The van der Waals surface area contributed by atoms with Crippen LogP contribution in [0, 0.1) is 18.3 Å². The maximum absolute atomic E-state index is 12.3. The number of carbonyl (C=O) groups is 1. The zero-order valence-corrected chi connectivity index (χ0v) is 21.0. The lowest BCUT2D eigenvalue weighted by Crippen LogP contribution is -2.29. The van der Waals surface area contributed by atoms with Crippen LogP contribution in [0.15, 0.2) is 36.4 Å². The van der Waals surface area contributed by atoms with E-state index in [1.165, 1.54) is 19.1 Å². The minimum absolute atomic E-state index is 0.274. The summed E-state index contributed by atoms with van der Waals surface area (Å²) in [4.78, 5) is 17.3. The number of hydrogen-bond acceptors (Lipinski definition) is 4. The Balaban J connectivity index is 1.83. The highest BCUT2D eigenvalue weighted by molar-refractivity contribution is 5.96. The van der Waals surface area contributed by atoms with Crippen LogP contribution < -0.4 is 5.32 Å². The van der Waals surface area contributed by atoms with Gasteiger partial charge in [-0.3, -0.25) is 0 Å². The molecule has 0 amide bonds. The molecule has 33 heavy (non-hydrogen) atoms. The SMILES string of the molecule is COC(=O)c1cc2nc(Nc3ccc(C(C)C)cc3)n(C3C[C@H](C)CC(C)(C)C3)c2cc1C. The molecule has 5 heteroatoms. The van der Waals surface area contributed by atoms with E-state index in [1.54, 1.807) is 0 Å². The van der Waals surface area contributed by atoms with Crippen molar-refractivity contribution in [2.24, 2.45) is 11.3 Å². The van der Waals surface area contributed by atoms with Crippen molar-refractivity contribution < 1.29 is 9.53 Å². The summed E-state index contributed by atoms with van der Waals surface area (Å²) >= 11 is 0. The highest BCUT2D eigenvalue weighted by Crippen LogP contribution is 2.46. The van der Waals surface area contributed by atoms with Crippen molar-refractivity contribution in [3.63, 3.8) is 0 Å². The van der Waals surface area contributed by atoms with E-state index in [0.29, 0.717) is 23.4 Å². The Morgan fingerprint density at radius 3 is 2.48 bits per heavy atom. The molecule has 1 saturated carbocycles. The van der Waals surface area contributed by atoms with Gasteiger partial charge in [0, 0.05) is 11.7 Å². The first-order valence-electron chi connectivity index (χ1n) is 12.1. The van der Waals surface area contributed by atoms with Crippen LogP contribution in [-0.2, 0) is 4.74 Å². The summed E-state index contributed by atoms with van der Waals surface area (Å²) in [7, 11) is 1.42. The Morgan fingerprint density at radius 2 is 1.88 bits per heavy atom. The molecule has 4 rings (SSSR count). The number of carbonyl (C=O) groups excluding carboxylic acids is 1. The standard InChI is InChI=1S/C28H37N3O2/c1-17(2)20-8-10-21(11-9-20)29-27-30-24-14-23(26(32)33-7)19(4)13-25(24)31(27)22-12-18(3)15-28(5,6)16-22/h8-11,13-14,17-18,22H,12,15-16H2,1-7H3,(H,29,30)/t18-,22?/m0/s1. The van der Waals surface area contributed by atoms with E-state index in [-0.39, 0.29) is 11.4 Å². The zero-order chi connectivity index (χ0) is 23.9. The molecule has 1 aromatic heterocycles. The van der Waals surface area contributed by atoms with Gasteiger partial charge in [-0.25, -0.2) is 9.78 Å². The van der Waals surface area contributed by atoms with Crippen molar-refractivity contribution in [1.29, 1.82) is 0 Å². The van der Waals surface area contributed by atoms with Gasteiger partial charge < -0.3 is 14.6 Å². The number of imidazole rings is 1. The van der Waals surface area contributed by atoms with E-state index in [2.05, 4.69) is 74.8 Å². The number of anilines is 2. The predicted octanol–water partition coefficient (Wildman–Crippen LogP) is 7.39. The second kappa shape index (κ2) is 8.85. The topological polar surface area (TPSA) is 56.1 Å². The van der Waals surface area contributed by atoms with Crippen LogP contribution in [-0.4, -0.2) is 22.6 Å². The largest absolute Gasteiger partial charge is 0.465 e. The van der Waals surface area contributed by atoms with Gasteiger partial charge in [-0.2, -0.15) is 0 Å². The number of nitrogens with zero attached hydrogens (tertiary/aromatic N) is 2. The normalized spacial score (nSPS) is 20.2. The van der Waals surface area contributed by atoms with Gasteiger partial charge in [0.2, 0.25) is 5.95 Å². The molecule has 1 aliphatic rings. The fourth-order valence-electron chi connectivity index (χ4n) is 5.61. The predicted molar refractivity (Wildman–Crippen MR) is 135 cm³/mol. The number of methoxy groups -OCH3 is 1. The second-order valence-electron chi connectivity index (χ2n) is 10.9. The summed E-state index contributed by atoms with van der Waals surface area (Å²) in [6, 6.07) is 12.9. The minimum atomic E-state index is -0.324. The van der Waals surface area contributed by atoms with Crippen LogP contribution in [0.3, 0.4) is 0 Å². The van der Waals surface area contributed by atoms with Crippen LogP contribution in [0.2, 0.25) is 0 Å². The molecule has 2 aromatic carbocycles. The maximum Gasteiger partial charge on any atom is 0.338 e. The van der Waals surface area contributed by atoms with Gasteiger partial charge in [0.05, 0.1) is 23.7 Å². The lowest BCUT2D eigenvalue weighted by Gasteiger charge is -2.40. The first-order valence-corrected chi connectivity index (χ1v) is 12.1. The maximum atomic E-state index is 12.3. The molecule has 5 nitrogen and oxygen atoms in total. The second-order valence-corrected chi connectivity index (χ2v) is 10.9. The number of nitrogens with one attached hydrogen (secondary N) is 1. The average Bonchev–Trinajstić information content (AvgIpc) is 3.08. The summed E-state index contributed by atoms with van der Waals surface area (Å²) in [6.45, 7) is 13.5. The van der Waals surface area contributed by atoms with E-state index in [9.17, 15) is 4.79 Å². The molecule has 176 valence electrons. The Bertz CT molecular complexity index is 1160. The lowest BCUT2D eigenvalue weighted by molar-refractivity contribution is 0.0600. The smallest absolute Gasteiger partial charge is 0.338 e. The highest BCUT2D eigenvalue weighted by Gasteiger charge is 2.35. The van der Waals surface area contributed by atoms with Gasteiger partial charge in [0.1, 0.15) is 0 Å². The van der Waals surface area contributed by atoms with E-state index in [4.69, 9.17) is 9.72 Å².